The van der Waals surface area contributed by atoms with Gasteiger partial charge in [0.15, 0.2) is 0 Å². The highest BCUT2D eigenvalue weighted by molar-refractivity contribution is 5.99. The van der Waals surface area contributed by atoms with Gasteiger partial charge in [0.2, 0.25) is 6.10 Å². The lowest BCUT2D eigenvalue weighted by Crippen LogP contribution is -2.24. The Morgan fingerprint density at radius 1 is 0.593 bits per heavy atom. The second kappa shape index (κ2) is 8.58. The van der Waals surface area contributed by atoms with Crippen LogP contribution in [0.4, 0.5) is 0 Å². The first-order valence-electron chi connectivity index (χ1n) is 8.27. The van der Waals surface area contributed by atoms with Gasteiger partial charge < -0.3 is 9.47 Å². The van der Waals surface area contributed by atoms with Crippen molar-refractivity contribution in [2.24, 2.45) is 0 Å². The fraction of sp³-hybridized carbons (Fsp3) is 0.0455. The molecule has 0 radical (unpaired) electrons. The standard InChI is InChI=1S/C22H16O5/c23-20(17-12-6-2-7-13-17)26-19(16-10-4-1-5-11-16)22(25)27-21(24)18-14-8-3-9-15-18/h1-15,19H. The van der Waals surface area contributed by atoms with Crippen molar-refractivity contribution in [3.8, 4) is 0 Å². The van der Waals surface area contributed by atoms with Crippen LogP contribution in [0.25, 0.3) is 0 Å². The Kier molecular flexibility index (Phi) is 5.74. The molecule has 3 aromatic rings. The maximum absolute atomic E-state index is 12.6. The summed E-state index contributed by atoms with van der Waals surface area (Å²) in [6.45, 7) is 0. The molecule has 3 rings (SSSR count). The molecule has 0 saturated carbocycles. The molecule has 5 heteroatoms. The molecule has 1 atom stereocenters. The molecule has 0 amide bonds. The average Bonchev–Trinajstić information content (AvgIpc) is 2.73. The van der Waals surface area contributed by atoms with Crippen molar-refractivity contribution in [2.75, 3.05) is 0 Å². The smallest absolute Gasteiger partial charge is 0.360 e. The number of ether oxygens (including phenoxy) is 2. The summed E-state index contributed by atoms with van der Waals surface area (Å²) in [6.07, 6.45) is -1.36. The molecular formula is C22H16O5. The molecule has 0 aliphatic carbocycles. The zero-order valence-electron chi connectivity index (χ0n) is 14.3. The van der Waals surface area contributed by atoms with E-state index in [4.69, 9.17) is 9.47 Å². The average molecular weight is 360 g/mol. The third-order valence-electron chi connectivity index (χ3n) is 3.75. The zero-order chi connectivity index (χ0) is 19.1. The summed E-state index contributed by atoms with van der Waals surface area (Å²) in [6, 6.07) is 24.8. The Bertz CT molecular complexity index is 921. The Labute approximate surface area is 156 Å². The van der Waals surface area contributed by atoms with E-state index in [9.17, 15) is 14.4 Å². The van der Waals surface area contributed by atoms with Gasteiger partial charge in [0.1, 0.15) is 0 Å². The summed E-state index contributed by atoms with van der Waals surface area (Å²) >= 11 is 0. The molecule has 27 heavy (non-hydrogen) atoms. The summed E-state index contributed by atoms with van der Waals surface area (Å²) < 4.78 is 10.3. The molecule has 0 saturated heterocycles. The number of benzene rings is 3. The number of rotatable bonds is 5. The molecular weight excluding hydrogens is 344 g/mol. The van der Waals surface area contributed by atoms with Crippen LogP contribution in [0.15, 0.2) is 91.0 Å². The van der Waals surface area contributed by atoms with Gasteiger partial charge in [-0.1, -0.05) is 66.7 Å². The van der Waals surface area contributed by atoms with E-state index in [2.05, 4.69) is 0 Å². The van der Waals surface area contributed by atoms with Gasteiger partial charge in [0.05, 0.1) is 11.1 Å². The van der Waals surface area contributed by atoms with Crippen molar-refractivity contribution in [1.82, 2.24) is 0 Å². The number of carbonyl (C=O) groups excluding carboxylic acids is 3. The van der Waals surface area contributed by atoms with Gasteiger partial charge in [-0.25, -0.2) is 14.4 Å². The molecule has 5 nitrogen and oxygen atoms in total. The van der Waals surface area contributed by atoms with E-state index in [1.54, 1.807) is 78.9 Å². The van der Waals surface area contributed by atoms with Gasteiger partial charge in [0, 0.05) is 5.56 Å². The van der Waals surface area contributed by atoms with E-state index in [1.165, 1.54) is 12.1 Å². The molecule has 0 heterocycles. The van der Waals surface area contributed by atoms with Crippen LogP contribution in [0, 0.1) is 0 Å². The third-order valence-corrected chi connectivity index (χ3v) is 3.75. The van der Waals surface area contributed by atoms with E-state index < -0.39 is 24.0 Å². The molecule has 0 N–H and O–H groups in total. The Morgan fingerprint density at radius 2 is 1.04 bits per heavy atom. The molecule has 0 fully saturated rings. The Morgan fingerprint density at radius 3 is 1.56 bits per heavy atom. The molecule has 0 aromatic heterocycles. The quantitative estimate of drug-likeness (QED) is 0.509. The summed E-state index contributed by atoms with van der Waals surface area (Å²) in [7, 11) is 0. The predicted octanol–water partition coefficient (Wildman–Crippen LogP) is 3.97. The lowest BCUT2D eigenvalue weighted by molar-refractivity contribution is -0.148. The van der Waals surface area contributed by atoms with Crippen molar-refractivity contribution >= 4 is 17.9 Å². The fourth-order valence-electron chi connectivity index (χ4n) is 2.41. The predicted molar refractivity (Wildman–Crippen MR) is 97.9 cm³/mol. The van der Waals surface area contributed by atoms with Crippen molar-refractivity contribution in [1.29, 1.82) is 0 Å². The van der Waals surface area contributed by atoms with Crippen molar-refractivity contribution < 1.29 is 23.9 Å². The van der Waals surface area contributed by atoms with E-state index in [1.807, 2.05) is 0 Å². The fourth-order valence-corrected chi connectivity index (χ4v) is 2.41. The molecule has 134 valence electrons. The van der Waals surface area contributed by atoms with Crippen LogP contribution < -0.4 is 0 Å². The van der Waals surface area contributed by atoms with Gasteiger partial charge in [-0.05, 0) is 24.3 Å². The van der Waals surface area contributed by atoms with Crippen LogP contribution >= 0.6 is 0 Å². The molecule has 0 spiro atoms. The maximum Gasteiger partial charge on any atom is 0.360 e. The minimum absolute atomic E-state index is 0.229. The van der Waals surface area contributed by atoms with Gasteiger partial charge >= 0.3 is 17.9 Å². The van der Waals surface area contributed by atoms with Crippen molar-refractivity contribution in [3.63, 3.8) is 0 Å². The van der Waals surface area contributed by atoms with Crippen LogP contribution in [0.1, 0.15) is 32.4 Å². The van der Waals surface area contributed by atoms with Crippen molar-refractivity contribution in [2.45, 2.75) is 6.10 Å². The minimum atomic E-state index is -1.36. The second-order valence-corrected chi connectivity index (χ2v) is 5.64. The SMILES string of the molecule is O=C(OC(=O)C(OC(=O)c1ccccc1)c1ccccc1)c1ccccc1. The first-order chi connectivity index (χ1) is 13.1. The summed E-state index contributed by atoms with van der Waals surface area (Å²) in [5, 5.41) is 0. The molecule has 0 bridgehead atoms. The summed E-state index contributed by atoms with van der Waals surface area (Å²) in [4.78, 5) is 37.1. The monoisotopic (exact) mass is 360 g/mol. The normalized spacial score (nSPS) is 11.3. The lowest BCUT2D eigenvalue weighted by atomic mass is 10.1. The minimum Gasteiger partial charge on any atom is -0.442 e. The Hall–Kier alpha value is -3.73. The van der Waals surface area contributed by atoms with E-state index in [-0.39, 0.29) is 5.56 Å². The second-order valence-electron chi connectivity index (χ2n) is 5.64. The zero-order valence-corrected chi connectivity index (χ0v) is 14.3. The van der Waals surface area contributed by atoms with E-state index >= 15 is 0 Å². The number of hydrogen-bond acceptors (Lipinski definition) is 5. The molecule has 3 aromatic carbocycles. The number of esters is 3. The lowest BCUT2D eigenvalue weighted by Gasteiger charge is -2.16. The van der Waals surface area contributed by atoms with Gasteiger partial charge in [0.25, 0.3) is 0 Å². The highest BCUT2D eigenvalue weighted by atomic mass is 16.6. The van der Waals surface area contributed by atoms with Crippen LogP contribution in [-0.2, 0) is 14.3 Å². The van der Waals surface area contributed by atoms with Gasteiger partial charge in [-0.15, -0.1) is 0 Å². The first-order valence-corrected chi connectivity index (χ1v) is 8.27. The van der Waals surface area contributed by atoms with Crippen LogP contribution in [0.2, 0.25) is 0 Å². The first kappa shape index (κ1) is 18.1. The van der Waals surface area contributed by atoms with Crippen molar-refractivity contribution in [3.05, 3.63) is 108 Å². The molecule has 0 aliphatic heterocycles. The maximum atomic E-state index is 12.6. The van der Waals surface area contributed by atoms with Gasteiger partial charge in [-0.3, -0.25) is 0 Å². The highest BCUT2D eigenvalue weighted by Gasteiger charge is 2.29. The topological polar surface area (TPSA) is 69.7 Å². The number of hydrogen-bond donors (Lipinski definition) is 0. The third kappa shape index (κ3) is 4.67. The molecule has 1 unspecified atom stereocenters. The summed E-state index contributed by atoms with van der Waals surface area (Å²) in [5.41, 5.74) is 0.931. The number of carbonyl (C=O) groups is 3. The van der Waals surface area contributed by atoms with Crippen LogP contribution in [-0.4, -0.2) is 17.9 Å². The van der Waals surface area contributed by atoms with Crippen LogP contribution in [0.3, 0.4) is 0 Å². The summed E-state index contributed by atoms with van der Waals surface area (Å²) in [5.74, 6) is -2.45. The molecule has 0 aliphatic rings. The van der Waals surface area contributed by atoms with Crippen LogP contribution in [0.5, 0.6) is 0 Å². The Balaban J connectivity index is 1.81. The van der Waals surface area contributed by atoms with E-state index in [0.717, 1.165) is 0 Å². The largest absolute Gasteiger partial charge is 0.442 e. The van der Waals surface area contributed by atoms with Gasteiger partial charge in [-0.2, -0.15) is 0 Å². The highest BCUT2D eigenvalue weighted by Crippen LogP contribution is 2.21. The van der Waals surface area contributed by atoms with E-state index in [0.29, 0.717) is 11.1 Å².